The second-order valence-corrected chi connectivity index (χ2v) is 5.26. The average molecular weight is 246 g/mol. The standard InChI is InChI=1S/C15H22N2O/c1-11-7-6-8-12(2)17(11)15(18)14(16)13-9-4-3-5-10-13/h3-5,9-12,14H,6-8,16H2,1-2H3/t11-,12+,14-/m1/s1. The normalized spacial score (nSPS) is 25.8. The minimum absolute atomic E-state index is 0.0564. The molecule has 2 rings (SSSR count). The van der Waals surface area contributed by atoms with Gasteiger partial charge >= 0.3 is 0 Å². The molecule has 2 N–H and O–H groups in total. The van der Waals surface area contributed by atoms with E-state index in [1.165, 1.54) is 6.42 Å². The van der Waals surface area contributed by atoms with E-state index in [0.29, 0.717) is 12.1 Å². The quantitative estimate of drug-likeness (QED) is 0.871. The highest BCUT2D eigenvalue weighted by Gasteiger charge is 2.32. The maximum Gasteiger partial charge on any atom is 0.244 e. The molecule has 18 heavy (non-hydrogen) atoms. The predicted molar refractivity (Wildman–Crippen MR) is 73.0 cm³/mol. The van der Waals surface area contributed by atoms with Gasteiger partial charge in [0.25, 0.3) is 0 Å². The van der Waals surface area contributed by atoms with Crippen molar-refractivity contribution < 1.29 is 4.79 Å². The lowest BCUT2D eigenvalue weighted by Gasteiger charge is -2.40. The molecule has 98 valence electrons. The van der Waals surface area contributed by atoms with E-state index in [0.717, 1.165) is 18.4 Å². The Morgan fingerprint density at radius 2 is 1.78 bits per heavy atom. The van der Waals surface area contributed by atoms with Crippen LogP contribution in [0.5, 0.6) is 0 Å². The van der Waals surface area contributed by atoms with Gasteiger partial charge in [-0.05, 0) is 38.7 Å². The van der Waals surface area contributed by atoms with Crippen LogP contribution in [0.15, 0.2) is 30.3 Å². The van der Waals surface area contributed by atoms with Crippen LogP contribution in [0.2, 0.25) is 0 Å². The lowest BCUT2D eigenvalue weighted by atomic mass is 9.95. The van der Waals surface area contributed by atoms with E-state index in [1.807, 2.05) is 35.2 Å². The van der Waals surface area contributed by atoms with Crippen LogP contribution in [-0.4, -0.2) is 22.9 Å². The molecule has 1 aromatic rings. The SMILES string of the molecule is C[C@@H]1CCC[C@H](C)N1C(=O)[C@H](N)c1ccccc1. The summed E-state index contributed by atoms with van der Waals surface area (Å²) in [4.78, 5) is 14.5. The van der Waals surface area contributed by atoms with Crippen LogP contribution in [0, 0.1) is 0 Å². The first-order valence-corrected chi connectivity index (χ1v) is 6.74. The molecule has 0 spiro atoms. The average Bonchev–Trinajstić information content (AvgIpc) is 2.38. The summed E-state index contributed by atoms with van der Waals surface area (Å²) in [6.07, 6.45) is 3.36. The van der Waals surface area contributed by atoms with E-state index in [4.69, 9.17) is 5.73 Å². The molecule has 1 saturated heterocycles. The Morgan fingerprint density at radius 3 is 2.33 bits per heavy atom. The van der Waals surface area contributed by atoms with Crippen molar-refractivity contribution in [2.24, 2.45) is 5.73 Å². The minimum atomic E-state index is -0.533. The first-order valence-electron chi connectivity index (χ1n) is 6.74. The number of piperidine rings is 1. The highest BCUT2D eigenvalue weighted by Crippen LogP contribution is 2.25. The van der Waals surface area contributed by atoms with Crippen LogP contribution < -0.4 is 5.73 Å². The Balaban J connectivity index is 2.15. The van der Waals surface area contributed by atoms with Gasteiger partial charge in [0.15, 0.2) is 0 Å². The van der Waals surface area contributed by atoms with Gasteiger partial charge in [-0.2, -0.15) is 0 Å². The van der Waals surface area contributed by atoms with Crippen molar-refractivity contribution in [1.29, 1.82) is 0 Å². The predicted octanol–water partition coefficient (Wildman–Crippen LogP) is 2.48. The third-order valence-corrected chi connectivity index (χ3v) is 3.87. The Morgan fingerprint density at radius 1 is 1.22 bits per heavy atom. The van der Waals surface area contributed by atoms with Crippen LogP contribution in [0.3, 0.4) is 0 Å². The second kappa shape index (κ2) is 5.53. The summed E-state index contributed by atoms with van der Waals surface area (Å²) in [6.45, 7) is 4.23. The van der Waals surface area contributed by atoms with Gasteiger partial charge < -0.3 is 10.6 Å². The molecule has 3 atom stereocenters. The fraction of sp³-hybridized carbons (Fsp3) is 0.533. The molecule has 1 aromatic carbocycles. The molecule has 0 radical (unpaired) electrons. The first kappa shape index (κ1) is 13.1. The van der Waals surface area contributed by atoms with E-state index >= 15 is 0 Å². The first-order chi connectivity index (χ1) is 8.61. The number of hydrogen-bond donors (Lipinski definition) is 1. The molecule has 3 nitrogen and oxygen atoms in total. The van der Waals surface area contributed by atoms with E-state index < -0.39 is 6.04 Å². The lowest BCUT2D eigenvalue weighted by molar-refractivity contribution is -0.138. The molecule has 3 heteroatoms. The smallest absolute Gasteiger partial charge is 0.244 e. The molecular formula is C15H22N2O. The Labute approximate surface area is 109 Å². The molecule has 0 unspecified atom stereocenters. The van der Waals surface area contributed by atoms with E-state index in [1.54, 1.807) is 0 Å². The monoisotopic (exact) mass is 246 g/mol. The zero-order valence-corrected chi connectivity index (χ0v) is 11.2. The lowest BCUT2D eigenvalue weighted by Crippen LogP contribution is -2.50. The Kier molecular flexibility index (Phi) is 4.02. The Bertz CT molecular complexity index is 394. The molecule has 1 heterocycles. The Hall–Kier alpha value is -1.35. The molecule has 0 aliphatic carbocycles. The van der Waals surface area contributed by atoms with Crippen molar-refractivity contribution in [3.8, 4) is 0 Å². The van der Waals surface area contributed by atoms with Gasteiger partial charge in [0.2, 0.25) is 5.91 Å². The molecule has 0 saturated carbocycles. The van der Waals surface area contributed by atoms with Gasteiger partial charge in [0.1, 0.15) is 6.04 Å². The molecule has 0 bridgehead atoms. The summed E-state index contributed by atoms with van der Waals surface area (Å²) in [6, 6.07) is 9.69. The van der Waals surface area contributed by atoms with Crippen molar-refractivity contribution in [3.05, 3.63) is 35.9 Å². The summed E-state index contributed by atoms with van der Waals surface area (Å²) in [7, 11) is 0. The van der Waals surface area contributed by atoms with Crippen molar-refractivity contribution in [3.63, 3.8) is 0 Å². The van der Waals surface area contributed by atoms with E-state index in [-0.39, 0.29) is 5.91 Å². The number of likely N-dealkylation sites (tertiary alicyclic amines) is 1. The molecule has 1 amide bonds. The number of nitrogens with zero attached hydrogens (tertiary/aromatic N) is 1. The van der Waals surface area contributed by atoms with Crippen LogP contribution in [0.25, 0.3) is 0 Å². The topological polar surface area (TPSA) is 46.3 Å². The molecular weight excluding hydrogens is 224 g/mol. The van der Waals surface area contributed by atoms with Crippen molar-refractivity contribution >= 4 is 5.91 Å². The van der Waals surface area contributed by atoms with Crippen molar-refractivity contribution in [2.45, 2.75) is 51.2 Å². The number of rotatable bonds is 2. The molecule has 1 aliphatic rings. The largest absolute Gasteiger partial charge is 0.336 e. The zero-order valence-electron chi connectivity index (χ0n) is 11.2. The van der Waals surface area contributed by atoms with Crippen LogP contribution in [0.4, 0.5) is 0 Å². The molecule has 0 aromatic heterocycles. The summed E-state index contributed by atoms with van der Waals surface area (Å²) in [5, 5.41) is 0. The number of carbonyl (C=O) groups is 1. The minimum Gasteiger partial charge on any atom is -0.336 e. The van der Waals surface area contributed by atoms with Crippen LogP contribution >= 0.6 is 0 Å². The number of nitrogens with two attached hydrogens (primary N) is 1. The van der Waals surface area contributed by atoms with Gasteiger partial charge in [-0.15, -0.1) is 0 Å². The van der Waals surface area contributed by atoms with E-state index in [9.17, 15) is 4.79 Å². The van der Waals surface area contributed by atoms with Crippen molar-refractivity contribution in [1.82, 2.24) is 4.90 Å². The summed E-state index contributed by atoms with van der Waals surface area (Å²) in [5.74, 6) is 0.0564. The van der Waals surface area contributed by atoms with Gasteiger partial charge in [-0.25, -0.2) is 0 Å². The fourth-order valence-electron chi connectivity index (χ4n) is 2.82. The van der Waals surface area contributed by atoms with Gasteiger partial charge in [0.05, 0.1) is 0 Å². The third kappa shape index (κ3) is 2.56. The number of hydrogen-bond acceptors (Lipinski definition) is 2. The number of benzene rings is 1. The maximum absolute atomic E-state index is 12.5. The summed E-state index contributed by atoms with van der Waals surface area (Å²) >= 11 is 0. The summed E-state index contributed by atoms with van der Waals surface area (Å²) in [5.41, 5.74) is 7.00. The van der Waals surface area contributed by atoms with Gasteiger partial charge in [-0.1, -0.05) is 30.3 Å². The summed E-state index contributed by atoms with van der Waals surface area (Å²) < 4.78 is 0. The number of amides is 1. The fourth-order valence-corrected chi connectivity index (χ4v) is 2.82. The van der Waals surface area contributed by atoms with Gasteiger partial charge in [-0.3, -0.25) is 4.79 Å². The number of carbonyl (C=O) groups excluding carboxylic acids is 1. The second-order valence-electron chi connectivity index (χ2n) is 5.26. The van der Waals surface area contributed by atoms with Crippen LogP contribution in [0.1, 0.15) is 44.7 Å². The van der Waals surface area contributed by atoms with E-state index in [2.05, 4.69) is 13.8 Å². The highest BCUT2D eigenvalue weighted by atomic mass is 16.2. The highest BCUT2D eigenvalue weighted by molar-refractivity contribution is 5.83. The zero-order chi connectivity index (χ0) is 13.1. The third-order valence-electron chi connectivity index (χ3n) is 3.87. The van der Waals surface area contributed by atoms with Gasteiger partial charge in [0, 0.05) is 12.1 Å². The van der Waals surface area contributed by atoms with Crippen LogP contribution in [-0.2, 0) is 4.79 Å². The maximum atomic E-state index is 12.5. The molecule has 1 aliphatic heterocycles. The molecule has 1 fully saturated rings. The van der Waals surface area contributed by atoms with Crippen molar-refractivity contribution in [2.75, 3.05) is 0 Å².